The van der Waals surface area contributed by atoms with Crippen LogP contribution < -0.4 is 5.32 Å². The van der Waals surface area contributed by atoms with E-state index >= 15 is 0 Å². The first kappa shape index (κ1) is 14.9. The Kier molecular flexibility index (Phi) is 6.07. The molecular formula is C12H17FN2O2S. The van der Waals surface area contributed by atoms with Gasteiger partial charge in [-0.05, 0) is 30.9 Å². The van der Waals surface area contributed by atoms with Gasteiger partial charge in [0, 0.05) is 17.9 Å². The lowest BCUT2D eigenvalue weighted by Crippen LogP contribution is -2.17. The second-order valence-electron chi connectivity index (χ2n) is 4.05. The highest BCUT2D eigenvalue weighted by Gasteiger charge is 2.13. The van der Waals surface area contributed by atoms with E-state index in [9.17, 15) is 14.5 Å². The molecule has 1 atom stereocenters. The minimum Gasteiger partial charge on any atom is -0.313 e. The summed E-state index contributed by atoms with van der Waals surface area (Å²) in [6.07, 6.45) is 3.10. The molecule has 1 unspecified atom stereocenters. The van der Waals surface area contributed by atoms with Crippen LogP contribution >= 0.6 is 11.8 Å². The molecule has 0 aliphatic heterocycles. The van der Waals surface area contributed by atoms with Crippen LogP contribution in [0.3, 0.4) is 0 Å². The summed E-state index contributed by atoms with van der Waals surface area (Å²) in [4.78, 5) is 9.73. The van der Waals surface area contributed by atoms with Crippen molar-refractivity contribution in [1.82, 2.24) is 5.32 Å². The Bertz CT molecular complexity index is 415. The van der Waals surface area contributed by atoms with E-state index in [1.165, 1.54) is 12.1 Å². The Balaban J connectivity index is 2.44. The van der Waals surface area contributed by atoms with Crippen LogP contribution in [-0.4, -0.2) is 23.0 Å². The van der Waals surface area contributed by atoms with Gasteiger partial charge in [0.2, 0.25) is 5.82 Å². The topological polar surface area (TPSA) is 55.2 Å². The van der Waals surface area contributed by atoms with Crippen LogP contribution in [0.4, 0.5) is 10.1 Å². The Labute approximate surface area is 110 Å². The molecule has 18 heavy (non-hydrogen) atoms. The summed E-state index contributed by atoms with van der Waals surface area (Å²) in [6, 6.07) is 3.99. The molecule has 1 rings (SSSR count). The molecule has 0 radical (unpaired) electrons. The van der Waals surface area contributed by atoms with Crippen molar-refractivity contribution >= 4 is 17.4 Å². The van der Waals surface area contributed by atoms with E-state index in [2.05, 4.69) is 18.5 Å². The molecule has 0 saturated heterocycles. The summed E-state index contributed by atoms with van der Waals surface area (Å²) in [5, 5.41) is 14.2. The molecule has 1 aromatic rings. The lowest BCUT2D eigenvalue weighted by atomic mass is 10.2. The molecule has 0 heterocycles. The average molecular weight is 272 g/mol. The predicted molar refractivity (Wildman–Crippen MR) is 72.4 cm³/mol. The first-order valence-corrected chi connectivity index (χ1v) is 6.99. The Hall–Kier alpha value is -1.14. The number of hydrogen-bond acceptors (Lipinski definition) is 4. The molecule has 0 saturated carbocycles. The van der Waals surface area contributed by atoms with Crippen molar-refractivity contribution in [2.45, 2.75) is 25.1 Å². The maximum absolute atomic E-state index is 13.3. The monoisotopic (exact) mass is 272 g/mol. The fourth-order valence-electron chi connectivity index (χ4n) is 1.46. The molecule has 100 valence electrons. The van der Waals surface area contributed by atoms with E-state index in [1.54, 1.807) is 17.8 Å². The summed E-state index contributed by atoms with van der Waals surface area (Å²) >= 11 is 1.80. The molecule has 0 aliphatic rings. The van der Waals surface area contributed by atoms with E-state index in [0.717, 1.165) is 18.5 Å². The van der Waals surface area contributed by atoms with Crippen molar-refractivity contribution < 1.29 is 9.31 Å². The van der Waals surface area contributed by atoms with E-state index in [4.69, 9.17) is 0 Å². The zero-order valence-electron chi connectivity index (χ0n) is 10.5. The number of halogens is 1. The van der Waals surface area contributed by atoms with Gasteiger partial charge in [-0.3, -0.25) is 10.1 Å². The van der Waals surface area contributed by atoms with Crippen LogP contribution in [0.15, 0.2) is 18.2 Å². The highest BCUT2D eigenvalue weighted by atomic mass is 32.2. The summed E-state index contributed by atoms with van der Waals surface area (Å²) in [7, 11) is 0. The number of rotatable bonds is 7. The number of benzene rings is 1. The molecule has 6 heteroatoms. The smallest absolute Gasteiger partial charge is 0.304 e. The molecule has 4 nitrogen and oxygen atoms in total. The first-order valence-electron chi connectivity index (χ1n) is 5.71. The van der Waals surface area contributed by atoms with Gasteiger partial charge >= 0.3 is 5.69 Å². The fraction of sp³-hybridized carbons (Fsp3) is 0.500. The largest absolute Gasteiger partial charge is 0.313 e. The molecule has 1 N–H and O–H groups in total. The Morgan fingerprint density at radius 3 is 2.83 bits per heavy atom. The first-order chi connectivity index (χ1) is 8.54. The number of thioether (sulfide) groups is 1. The Morgan fingerprint density at radius 1 is 1.56 bits per heavy atom. The normalized spacial score (nSPS) is 12.4. The van der Waals surface area contributed by atoms with Crippen LogP contribution in [0, 0.1) is 15.9 Å². The summed E-state index contributed by atoms with van der Waals surface area (Å²) in [5.74, 6) is -0.781. The number of nitro benzene ring substituents is 1. The number of hydrogen-bond donors (Lipinski definition) is 1. The fourth-order valence-corrected chi connectivity index (χ4v) is 1.82. The van der Waals surface area contributed by atoms with Gasteiger partial charge in [-0.25, -0.2) is 0 Å². The third-order valence-electron chi connectivity index (χ3n) is 2.67. The van der Waals surface area contributed by atoms with E-state index in [0.29, 0.717) is 11.8 Å². The SMILES string of the molecule is CSC(C)CCNCc1ccc([N+](=O)[O-])c(F)c1. The van der Waals surface area contributed by atoms with Crippen molar-refractivity contribution in [2.75, 3.05) is 12.8 Å². The summed E-state index contributed by atoms with van der Waals surface area (Å²) < 4.78 is 13.3. The maximum Gasteiger partial charge on any atom is 0.304 e. The third-order valence-corrected chi connectivity index (χ3v) is 3.71. The van der Waals surface area contributed by atoms with Crippen molar-refractivity contribution in [3.63, 3.8) is 0 Å². The van der Waals surface area contributed by atoms with Crippen LogP contribution in [0.2, 0.25) is 0 Å². The van der Waals surface area contributed by atoms with Gasteiger partial charge < -0.3 is 5.32 Å². The van der Waals surface area contributed by atoms with Crippen LogP contribution in [0.25, 0.3) is 0 Å². The van der Waals surface area contributed by atoms with Crippen LogP contribution in [0.1, 0.15) is 18.9 Å². The molecule has 0 amide bonds. The van der Waals surface area contributed by atoms with Crippen molar-refractivity contribution in [2.24, 2.45) is 0 Å². The van der Waals surface area contributed by atoms with Crippen LogP contribution in [0.5, 0.6) is 0 Å². The quantitative estimate of drug-likeness (QED) is 0.471. The van der Waals surface area contributed by atoms with E-state index in [1.807, 2.05) is 0 Å². The zero-order chi connectivity index (χ0) is 13.5. The second-order valence-corrected chi connectivity index (χ2v) is 5.33. The van der Waals surface area contributed by atoms with Crippen molar-refractivity contribution in [1.29, 1.82) is 0 Å². The van der Waals surface area contributed by atoms with Gasteiger partial charge in [0.15, 0.2) is 0 Å². The molecular weight excluding hydrogens is 255 g/mol. The molecule has 0 fully saturated rings. The highest BCUT2D eigenvalue weighted by Crippen LogP contribution is 2.17. The van der Waals surface area contributed by atoms with Gasteiger partial charge in [-0.15, -0.1) is 0 Å². The number of nitro groups is 1. The standard InChI is InChI=1S/C12H17FN2O2S/c1-9(18-2)5-6-14-8-10-3-4-12(15(16)17)11(13)7-10/h3-4,7,9,14H,5-6,8H2,1-2H3. The summed E-state index contributed by atoms with van der Waals surface area (Å²) in [5.41, 5.74) is 0.240. The number of nitrogens with one attached hydrogen (secondary N) is 1. The molecule has 0 bridgehead atoms. The maximum atomic E-state index is 13.3. The lowest BCUT2D eigenvalue weighted by molar-refractivity contribution is -0.387. The second kappa shape index (κ2) is 7.33. The molecule has 0 aliphatic carbocycles. The Morgan fingerprint density at radius 2 is 2.28 bits per heavy atom. The van der Waals surface area contributed by atoms with Gasteiger partial charge in [0.25, 0.3) is 0 Å². The minimum atomic E-state index is -0.781. The van der Waals surface area contributed by atoms with Crippen molar-refractivity contribution in [3.8, 4) is 0 Å². The molecule has 0 spiro atoms. The zero-order valence-corrected chi connectivity index (χ0v) is 11.3. The lowest BCUT2D eigenvalue weighted by Gasteiger charge is -2.09. The summed E-state index contributed by atoms with van der Waals surface area (Å²) in [6.45, 7) is 3.52. The predicted octanol–water partition coefficient (Wildman–Crippen LogP) is 2.97. The number of nitrogens with zero attached hydrogens (tertiary/aromatic N) is 1. The van der Waals surface area contributed by atoms with Gasteiger partial charge in [-0.1, -0.05) is 13.0 Å². The van der Waals surface area contributed by atoms with Gasteiger partial charge in [-0.2, -0.15) is 16.2 Å². The van der Waals surface area contributed by atoms with Crippen molar-refractivity contribution in [3.05, 3.63) is 39.7 Å². The molecule has 0 aromatic heterocycles. The van der Waals surface area contributed by atoms with Crippen LogP contribution in [-0.2, 0) is 6.54 Å². The molecule has 1 aromatic carbocycles. The minimum absolute atomic E-state index is 0.477. The van der Waals surface area contributed by atoms with Gasteiger partial charge in [0.05, 0.1) is 4.92 Å². The third kappa shape index (κ3) is 4.62. The van der Waals surface area contributed by atoms with E-state index < -0.39 is 16.4 Å². The highest BCUT2D eigenvalue weighted by molar-refractivity contribution is 7.99. The van der Waals surface area contributed by atoms with E-state index in [-0.39, 0.29) is 0 Å². The van der Waals surface area contributed by atoms with Gasteiger partial charge in [0.1, 0.15) is 0 Å². The average Bonchev–Trinajstić information content (AvgIpc) is 2.34.